The number of ether oxygens (including phenoxy) is 1. The first-order valence-electron chi connectivity index (χ1n) is 5.60. The molecule has 1 fully saturated rings. The van der Waals surface area contributed by atoms with Crippen LogP contribution in [0.4, 0.5) is 0 Å². The van der Waals surface area contributed by atoms with Crippen LogP contribution < -0.4 is 0 Å². The predicted molar refractivity (Wildman–Crippen MR) is 61.2 cm³/mol. The molecule has 94 valence electrons. The monoisotopic (exact) mass is 230 g/mol. The lowest BCUT2D eigenvalue weighted by Crippen LogP contribution is -2.55. The van der Waals surface area contributed by atoms with Crippen LogP contribution >= 0.6 is 0 Å². The molecule has 1 aliphatic heterocycles. The van der Waals surface area contributed by atoms with E-state index in [2.05, 4.69) is 28.5 Å². The number of rotatable bonds is 3. The van der Waals surface area contributed by atoms with E-state index in [1.807, 2.05) is 0 Å². The third kappa shape index (κ3) is 3.17. The van der Waals surface area contributed by atoms with Gasteiger partial charge in [0, 0.05) is 32.2 Å². The Morgan fingerprint density at radius 2 is 2.19 bits per heavy atom. The number of carbonyl (C=O) groups is 1. The van der Waals surface area contributed by atoms with Gasteiger partial charge in [-0.3, -0.25) is 4.90 Å². The highest BCUT2D eigenvalue weighted by Gasteiger charge is 2.35. The average Bonchev–Trinajstić information content (AvgIpc) is 2.22. The van der Waals surface area contributed by atoms with Crippen molar-refractivity contribution >= 4 is 5.97 Å². The third-order valence-electron chi connectivity index (χ3n) is 3.20. The Morgan fingerprint density at radius 1 is 1.56 bits per heavy atom. The molecule has 0 bridgehead atoms. The van der Waals surface area contributed by atoms with Gasteiger partial charge in [-0.1, -0.05) is 0 Å². The molecule has 0 aromatic heterocycles. The van der Waals surface area contributed by atoms with Crippen LogP contribution in [-0.4, -0.2) is 72.9 Å². The first-order chi connectivity index (χ1) is 7.36. The lowest BCUT2D eigenvalue weighted by molar-refractivity contribution is -0.162. The van der Waals surface area contributed by atoms with Crippen molar-refractivity contribution < 1.29 is 14.6 Å². The lowest BCUT2D eigenvalue weighted by atomic mass is 10.1. The zero-order valence-corrected chi connectivity index (χ0v) is 10.6. The van der Waals surface area contributed by atoms with Gasteiger partial charge in [-0.05, 0) is 20.9 Å². The van der Waals surface area contributed by atoms with Crippen molar-refractivity contribution in [3.63, 3.8) is 0 Å². The van der Waals surface area contributed by atoms with Gasteiger partial charge in [-0.2, -0.15) is 0 Å². The molecule has 0 aliphatic carbocycles. The molecule has 0 spiro atoms. The zero-order chi connectivity index (χ0) is 12.3. The number of piperazine rings is 1. The fraction of sp³-hybridized carbons (Fsp3) is 0.909. The van der Waals surface area contributed by atoms with Gasteiger partial charge in [0.2, 0.25) is 0 Å². The molecule has 1 aliphatic rings. The molecule has 0 aromatic rings. The summed E-state index contributed by atoms with van der Waals surface area (Å²) in [6.45, 7) is 6.66. The van der Waals surface area contributed by atoms with E-state index < -0.39 is 11.6 Å². The van der Waals surface area contributed by atoms with Gasteiger partial charge < -0.3 is 14.7 Å². The second kappa shape index (κ2) is 5.12. The fourth-order valence-electron chi connectivity index (χ4n) is 1.99. The standard InChI is InChI=1S/C11H22N2O3/c1-9-7-13(6-5-12(9)3)8-11(2,15)10(14)16-4/h9,15H,5-8H2,1-4H3. The summed E-state index contributed by atoms with van der Waals surface area (Å²) in [5.74, 6) is -0.570. The molecular weight excluding hydrogens is 208 g/mol. The summed E-state index contributed by atoms with van der Waals surface area (Å²) in [5, 5.41) is 9.96. The number of likely N-dealkylation sites (N-methyl/N-ethyl adjacent to an activating group) is 1. The van der Waals surface area contributed by atoms with E-state index in [-0.39, 0.29) is 0 Å². The zero-order valence-electron chi connectivity index (χ0n) is 10.6. The van der Waals surface area contributed by atoms with Crippen molar-refractivity contribution in [2.75, 3.05) is 40.3 Å². The molecule has 2 unspecified atom stereocenters. The number of hydrogen-bond donors (Lipinski definition) is 1. The maximum Gasteiger partial charge on any atom is 0.338 e. The van der Waals surface area contributed by atoms with Gasteiger partial charge in [0.05, 0.1) is 7.11 Å². The van der Waals surface area contributed by atoms with E-state index in [0.717, 1.165) is 19.6 Å². The number of β-amino-alcohol motifs (C(OH)–C–C–N with tert-alkyl or cyclic N) is 1. The van der Waals surface area contributed by atoms with Crippen molar-refractivity contribution in [2.45, 2.75) is 25.5 Å². The van der Waals surface area contributed by atoms with E-state index in [0.29, 0.717) is 12.6 Å². The second-order valence-electron chi connectivity index (χ2n) is 4.83. The highest BCUT2D eigenvalue weighted by Crippen LogP contribution is 2.13. The Labute approximate surface area is 97.0 Å². The Kier molecular flexibility index (Phi) is 4.29. The van der Waals surface area contributed by atoms with Crippen molar-refractivity contribution in [3.05, 3.63) is 0 Å². The summed E-state index contributed by atoms with van der Waals surface area (Å²) in [6.07, 6.45) is 0. The highest BCUT2D eigenvalue weighted by atomic mass is 16.5. The SMILES string of the molecule is COC(=O)C(C)(O)CN1CCN(C)C(C)C1. The molecule has 16 heavy (non-hydrogen) atoms. The van der Waals surface area contributed by atoms with E-state index in [1.165, 1.54) is 14.0 Å². The number of nitrogens with zero attached hydrogens (tertiary/aromatic N) is 2. The average molecular weight is 230 g/mol. The van der Waals surface area contributed by atoms with Crippen LogP contribution in [0.1, 0.15) is 13.8 Å². The molecular formula is C11H22N2O3. The van der Waals surface area contributed by atoms with E-state index in [1.54, 1.807) is 0 Å². The van der Waals surface area contributed by atoms with Gasteiger partial charge in [-0.25, -0.2) is 4.79 Å². The molecule has 1 heterocycles. The number of esters is 1. The smallest absolute Gasteiger partial charge is 0.338 e. The Hall–Kier alpha value is -0.650. The largest absolute Gasteiger partial charge is 0.467 e. The van der Waals surface area contributed by atoms with Gasteiger partial charge in [-0.15, -0.1) is 0 Å². The summed E-state index contributed by atoms with van der Waals surface area (Å²) in [7, 11) is 3.38. The number of methoxy groups -OCH3 is 1. The van der Waals surface area contributed by atoms with Gasteiger partial charge in [0.15, 0.2) is 5.60 Å². The molecule has 1 saturated heterocycles. The lowest BCUT2D eigenvalue weighted by Gasteiger charge is -2.39. The predicted octanol–water partition coefficient (Wildman–Crippen LogP) is -0.454. The normalized spacial score (nSPS) is 27.4. The molecule has 5 nitrogen and oxygen atoms in total. The van der Waals surface area contributed by atoms with E-state index >= 15 is 0 Å². The number of carbonyl (C=O) groups excluding carboxylic acids is 1. The Bertz CT molecular complexity index is 256. The van der Waals surface area contributed by atoms with Crippen LogP contribution in [0.3, 0.4) is 0 Å². The van der Waals surface area contributed by atoms with E-state index in [4.69, 9.17) is 0 Å². The maximum absolute atomic E-state index is 11.3. The quantitative estimate of drug-likeness (QED) is 0.665. The molecule has 0 radical (unpaired) electrons. The van der Waals surface area contributed by atoms with Crippen molar-refractivity contribution in [1.29, 1.82) is 0 Å². The maximum atomic E-state index is 11.3. The first kappa shape index (κ1) is 13.4. The minimum atomic E-state index is -1.41. The topological polar surface area (TPSA) is 53.0 Å². The summed E-state index contributed by atoms with van der Waals surface area (Å²) in [4.78, 5) is 15.7. The van der Waals surface area contributed by atoms with Crippen LogP contribution in [0, 0.1) is 0 Å². The molecule has 5 heteroatoms. The number of hydrogen-bond acceptors (Lipinski definition) is 5. The minimum absolute atomic E-state index is 0.331. The summed E-state index contributed by atoms with van der Waals surface area (Å²) < 4.78 is 4.58. The summed E-state index contributed by atoms with van der Waals surface area (Å²) in [5.41, 5.74) is -1.41. The van der Waals surface area contributed by atoms with Crippen LogP contribution in [0.25, 0.3) is 0 Å². The minimum Gasteiger partial charge on any atom is -0.467 e. The second-order valence-corrected chi connectivity index (χ2v) is 4.83. The number of aliphatic hydroxyl groups is 1. The fourth-order valence-corrected chi connectivity index (χ4v) is 1.99. The van der Waals surface area contributed by atoms with Crippen LogP contribution in [0.5, 0.6) is 0 Å². The van der Waals surface area contributed by atoms with Gasteiger partial charge in [0.25, 0.3) is 0 Å². The first-order valence-corrected chi connectivity index (χ1v) is 5.60. The van der Waals surface area contributed by atoms with Crippen molar-refractivity contribution in [3.8, 4) is 0 Å². The van der Waals surface area contributed by atoms with Gasteiger partial charge >= 0.3 is 5.97 Å². The molecule has 1 N–H and O–H groups in total. The van der Waals surface area contributed by atoms with Crippen molar-refractivity contribution in [1.82, 2.24) is 9.80 Å². The molecule has 0 amide bonds. The van der Waals surface area contributed by atoms with Crippen LogP contribution in [-0.2, 0) is 9.53 Å². The third-order valence-corrected chi connectivity index (χ3v) is 3.20. The Morgan fingerprint density at radius 3 is 2.69 bits per heavy atom. The van der Waals surface area contributed by atoms with Crippen LogP contribution in [0.2, 0.25) is 0 Å². The molecule has 0 aromatic carbocycles. The Balaban J connectivity index is 2.51. The van der Waals surface area contributed by atoms with E-state index in [9.17, 15) is 9.90 Å². The van der Waals surface area contributed by atoms with Gasteiger partial charge in [0.1, 0.15) is 0 Å². The molecule has 1 rings (SSSR count). The summed E-state index contributed by atoms with van der Waals surface area (Å²) in [6, 6.07) is 0.446. The van der Waals surface area contributed by atoms with Crippen LogP contribution in [0.15, 0.2) is 0 Å². The molecule has 2 atom stereocenters. The summed E-state index contributed by atoms with van der Waals surface area (Å²) >= 11 is 0. The molecule has 0 saturated carbocycles. The van der Waals surface area contributed by atoms with Crippen molar-refractivity contribution in [2.24, 2.45) is 0 Å². The highest BCUT2D eigenvalue weighted by molar-refractivity contribution is 5.78.